The molecule has 0 fully saturated rings. The lowest BCUT2D eigenvalue weighted by Gasteiger charge is -2.17. The molecule has 0 unspecified atom stereocenters. The lowest BCUT2D eigenvalue weighted by atomic mass is 10.1. The van der Waals surface area contributed by atoms with Gasteiger partial charge in [-0.3, -0.25) is 9.48 Å². The lowest BCUT2D eigenvalue weighted by Crippen LogP contribution is -3.00. The van der Waals surface area contributed by atoms with E-state index in [9.17, 15) is 0 Å². The molecular formula is C25H35ClN2O6. The quantitative estimate of drug-likeness (QED) is 0.448. The van der Waals surface area contributed by atoms with Crippen molar-refractivity contribution in [3.63, 3.8) is 0 Å². The summed E-state index contributed by atoms with van der Waals surface area (Å²) in [4.78, 5) is 2.33. The first-order chi connectivity index (χ1) is 16.1. The molecule has 0 bridgehead atoms. The zero-order chi connectivity index (χ0) is 23.8. The van der Waals surface area contributed by atoms with Gasteiger partial charge in [0.15, 0.2) is 23.0 Å². The molecule has 1 heterocycles. The van der Waals surface area contributed by atoms with E-state index in [-0.39, 0.29) is 12.4 Å². The number of hydrogen-bond donors (Lipinski definition) is 0. The van der Waals surface area contributed by atoms with Gasteiger partial charge in [0.2, 0.25) is 17.8 Å². The van der Waals surface area contributed by atoms with Crippen LogP contribution in [0.1, 0.15) is 24.0 Å². The van der Waals surface area contributed by atoms with E-state index >= 15 is 0 Å². The highest BCUT2D eigenvalue weighted by atomic mass is 35.5. The first-order valence-electron chi connectivity index (χ1n) is 11.0. The van der Waals surface area contributed by atoms with E-state index in [0.717, 1.165) is 50.1 Å². The molecule has 0 spiro atoms. The molecule has 0 saturated carbocycles. The van der Waals surface area contributed by atoms with Crippen molar-refractivity contribution in [2.75, 3.05) is 55.7 Å². The maximum Gasteiger partial charge on any atom is 0.234 e. The number of nitrogens with zero attached hydrogens (tertiary/aromatic N) is 2. The van der Waals surface area contributed by atoms with Gasteiger partial charge >= 0.3 is 0 Å². The molecule has 2 aromatic carbocycles. The average Bonchev–Trinajstić information content (AvgIpc) is 3.07. The van der Waals surface area contributed by atoms with Crippen molar-refractivity contribution in [3.8, 4) is 34.5 Å². The third-order valence-corrected chi connectivity index (χ3v) is 5.69. The van der Waals surface area contributed by atoms with E-state index in [1.54, 1.807) is 42.7 Å². The number of ether oxygens (including phenoxy) is 6. The van der Waals surface area contributed by atoms with Crippen molar-refractivity contribution in [1.82, 2.24) is 4.90 Å². The van der Waals surface area contributed by atoms with Crippen LogP contribution in [0.3, 0.4) is 0 Å². The molecule has 0 atom stereocenters. The first kappa shape index (κ1) is 27.2. The summed E-state index contributed by atoms with van der Waals surface area (Å²) < 4.78 is 35.3. The van der Waals surface area contributed by atoms with Gasteiger partial charge in [0, 0.05) is 11.1 Å². The van der Waals surface area contributed by atoms with Gasteiger partial charge in [-0.1, -0.05) is 0 Å². The summed E-state index contributed by atoms with van der Waals surface area (Å²) in [7, 11) is 9.78. The van der Waals surface area contributed by atoms with Crippen LogP contribution in [-0.4, -0.2) is 71.6 Å². The van der Waals surface area contributed by atoms with E-state index in [1.165, 1.54) is 0 Å². The monoisotopic (exact) mass is 494 g/mol. The predicted molar refractivity (Wildman–Crippen MR) is 127 cm³/mol. The summed E-state index contributed by atoms with van der Waals surface area (Å²) in [5, 5.41) is 0. The van der Waals surface area contributed by atoms with Crippen LogP contribution in [0.4, 0.5) is 0 Å². The molecule has 9 heteroatoms. The third-order valence-electron chi connectivity index (χ3n) is 5.69. The second-order valence-electron chi connectivity index (χ2n) is 7.83. The third kappa shape index (κ3) is 6.32. The summed E-state index contributed by atoms with van der Waals surface area (Å²) in [5.74, 6) is 3.86. The second-order valence-corrected chi connectivity index (χ2v) is 7.83. The maximum absolute atomic E-state index is 5.52. The SMILES string of the molecule is COc1cc(CN2C=[N+](Cc3cc(OC)c(OC)c(OC)c3)CCCC2)cc(OC)c1OC.[Cl-]. The average molecular weight is 495 g/mol. The molecule has 0 N–H and O–H groups in total. The van der Waals surface area contributed by atoms with Crippen molar-refractivity contribution >= 4 is 6.34 Å². The Morgan fingerprint density at radius 1 is 0.676 bits per heavy atom. The largest absolute Gasteiger partial charge is 1.00 e. The van der Waals surface area contributed by atoms with Crippen LogP contribution in [0.2, 0.25) is 0 Å². The molecule has 8 nitrogen and oxygen atoms in total. The van der Waals surface area contributed by atoms with Crippen LogP contribution in [-0.2, 0) is 13.1 Å². The molecule has 2 aromatic rings. The van der Waals surface area contributed by atoms with E-state index in [4.69, 9.17) is 28.4 Å². The molecule has 188 valence electrons. The van der Waals surface area contributed by atoms with Crippen LogP contribution in [0.15, 0.2) is 24.3 Å². The van der Waals surface area contributed by atoms with Gasteiger partial charge in [-0.05, 0) is 37.1 Å². The normalized spacial score (nSPS) is 13.2. The lowest BCUT2D eigenvalue weighted by molar-refractivity contribution is -0.542. The van der Waals surface area contributed by atoms with Crippen LogP contribution < -0.4 is 40.8 Å². The standard InChI is InChI=1S/C25H35N2O6.ClH/c1-28-20-11-18(12-21(29-2)24(20)32-5)15-26-9-7-8-10-27(17-26)16-19-13-22(30-3)25(33-6)23(14-19)31-4;/h11-14,17H,7-10,15-16H2,1-6H3;1H/q+1;/p-1. The highest BCUT2D eigenvalue weighted by Crippen LogP contribution is 2.39. The Balaban J connectivity index is 0.00000408. The maximum atomic E-state index is 5.52. The van der Waals surface area contributed by atoms with Crippen LogP contribution in [0.25, 0.3) is 0 Å². The van der Waals surface area contributed by atoms with Crippen molar-refractivity contribution in [1.29, 1.82) is 0 Å². The summed E-state index contributed by atoms with van der Waals surface area (Å²) in [6, 6.07) is 8.01. The van der Waals surface area contributed by atoms with E-state index < -0.39 is 0 Å². The van der Waals surface area contributed by atoms with E-state index in [2.05, 4.69) is 15.8 Å². The van der Waals surface area contributed by atoms with Crippen LogP contribution in [0, 0.1) is 0 Å². The predicted octanol–water partition coefficient (Wildman–Crippen LogP) is 0.579. The number of methoxy groups -OCH3 is 6. The summed E-state index contributed by atoms with van der Waals surface area (Å²) >= 11 is 0. The number of rotatable bonds is 10. The topological polar surface area (TPSA) is 61.6 Å². The van der Waals surface area contributed by atoms with Crippen molar-refractivity contribution in [2.24, 2.45) is 0 Å². The zero-order valence-corrected chi connectivity index (χ0v) is 21.6. The molecule has 1 aliphatic rings. The Morgan fingerprint density at radius 3 is 1.59 bits per heavy atom. The van der Waals surface area contributed by atoms with E-state index in [0.29, 0.717) is 34.5 Å². The Labute approximate surface area is 208 Å². The fraction of sp³-hybridized carbons (Fsp3) is 0.480. The Hall–Kier alpha value is -3.00. The minimum absolute atomic E-state index is 0. The molecule has 1 aliphatic heterocycles. The van der Waals surface area contributed by atoms with Gasteiger partial charge in [-0.2, -0.15) is 0 Å². The fourth-order valence-electron chi connectivity index (χ4n) is 4.14. The highest BCUT2D eigenvalue weighted by Gasteiger charge is 2.20. The van der Waals surface area contributed by atoms with Crippen LogP contribution >= 0.6 is 0 Å². The number of benzene rings is 2. The smallest absolute Gasteiger partial charge is 0.234 e. The van der Waals surface area contributed by atoms with E-state index in [1.807, 2.05) is 24.3 Å². The molecule has 0 radical (unpaired) electrons. The highest BCUT2D eigenvalue weighted by molar-refractivity contribution is 5.56. The minimum atomic E-state index is 0. The summed E-state index contributed by atoms with van der Waals surface area (Å²) in [6.07, 6.45) is 4.44. The van der Waals surface area contributed by atoms with Gasteiger partial charge in [-0.25, -0.2) is 0 Å². The molecule has 0 saturated heterocycles. The van der Waals surface area contributed by atoms with Crippen molar-refractivity contribution < 1.29 is 45.4 Å². The first-order valence-corrected chi connectivity index (χ1v) is 11.0. The molecule has 0 aliphatic carbocycles. The Morgan fingerprint density at radius 2 is 1.15 bits per heavy atom. The zero-order valence-electron chi connectivity index (χ0n) is 20.9. The van der Waals surface area contributed by atoms with Gasteiger partial charge < -0.3 is 40.8 Å². The summed E-state index contributed by atoms with van der Waals surface area (Å²) in [5.41, 5.74) is 2.19. The number of hydrogen-bond acceptors (Lipinski definition) is 7. The van der Waals surface area contributed by atoms with Crippen molar-refractivity contribution in [3.05, 3.63) is 35.4 Å². The molecule has 0 amide bonds. The van der Waals surface area contributed by atoms with Crippen molar-refractivity contribution in [2.45, 2.75) is 25.9 Å². The molecule has 0 aromatic heterocycles. The fourth-order valence-corrected chi connectivity index (χ4v) is 4.14. The Kier molecular flexibility index (Phi) is 10.4. The molecule has 3 rings (SSSR count). The van der Waals surface area contributed by atoms with Crippen LogP contribution in [0.5, 0.6) is 34.5 Å². The van der Waals surface area contributed by atoms with Gasteiger partial charge in [0.1, 0.15) is 13.1 Å². The summed E-state index contributed by atoms with van der Waals surface area (Å²) in [6.45, 7) is 3.43. The molecular weight excluding hydrogens is 460 g/mol. The second kappa shape index (κ2) is 13.0. The van der Waals surface area contributed by atoms with Gasteiger partial charge in [0.25, 0.3) is 0 Å². The Bertz CT molecular complexity index is 932. The number of halogens is 1. The molecule has 34 heavy (non-hydrogen) atoms. The van der Waals surface area contributed by atoms with Gasteiger partial charge in [-0.15, -0.1) is 0 Å². The van der Waals surface area contributed by atoms with Gasteiger partial charge in [0.05, 0.1) is 55.7 Å². The minimum Gasteiger partial charge on any atom is -1.00 e.